The van der Waals surface area contributed by atoms with Gasteiger partial charge in [-0.1, -0.05) is 42.8 Å². The monoisotopic (exact) mass is 314 g/mol. The fourth-order valence-corrected chi connectivity index (χ4v) is 1.85. The number of hydrogen-bond acceptors (Lipinski definition) is 2. The lowest BCUT2D eigenvalue weighted by molar-refractivity contribution is 0.0696. The average Bonchev–Trinajstić information content (AvgIpc) is 2.24. The maximum Gasteiger partial charge on any atom is 0.335 e. The van der Waals surface area contributed by atoms with Gasteiger partial charge >= 0.3 is 5.97 Å². The van der Waals surface area contributed by atoms with Crippen molar-refractivity contribution in [2.24, 2.45) is 5.41 Å². The van der Waals surface area contributed by atoms with E-state index in [9.17, 15) is 4.79 Å². The Hall–Kier alpha value is -0.870. The molecule has 1 aromatic carbocycles. The van der Waals surface area contributed by atoms with Crippen LogP contribution in [0.3, 0.4) is 0 Å². The summed E-state index contributed by atoms with van der Waals surface area (Å²) in [6.07, 6.45) is 0.998. The Morgan fingerprint density at radius 3 is 2.56 bits per heavy atom. The Labute approximate surface area is 116 Å². The molecule has 100 valence electrons. The second-order valence-electron chi connectivity index (χ2n) is 5.47. The number of aromatic carboxylic acids is 1. The van der Waals surface area contributed by atoms with Gasteiger partial charge in [-0.05, 0) is 29.5 Å². The first-order valence-electron chi connectivity index (χ1n) is 5.89. The van der Waals surface area contributed by atoms with Gasteiger partial charge in [-0.2, -0.15) is 0 Å². The topological polar surface area (TPSA) is 46.5 Å². The van der Waals surface area contributed by atoms with Crippen molar-refractivity contribution in [3.8, 4) is 0 Å². The van der Waals surface area contributed by atoms with Gasteiger partial charge in [-0.3, -0.25) is 0 Å². The summed E-state index contributed by atoms with van der Waals surface area (Å²) in [7, 11) is 0. The number of halogens is 1. The first-order chi connectivity index (χ1) is 8.29. The predicted octanol–water partition coefficient (Wildman–Crippen LogP) is 4.10. The molecule has 1 aromatic rings. The fraction of sp³-hybridized carbons (Fsp3) is 0.500. The highest BCUT2D eigenvalue weighted by molar-refractivity contribution is 9.10. The van der Waals surface area contributed by atoms with Crippen LogP contribution in [0.1, 0.15) is 43.1 Å². The number of benzene rings is 1. The summed E-state index contributed by atoms with van der Waals surface area (Å²) >= 11 is 3.36. The molecule has 3 nitrogen and oxygen atoms in total. The van der Waals surface area contributed by atoms with Crippen molar-refractivity contribution in [3.05, 3.63) is 33.8 Å². The highest BCUT2D eigenvalue weighted by Crippen LogP contribution is 2.21. The number of ether oxygens (including phenoxy) is 1. The number of carboxylic acid groups (broad SMARTS) is 1. The van der Waals surface area contributed by atoms with Gasteiger partial charge in [0.15, 0.2) is 0 Å². The van der Waals surface area contributed by atoms with Crippen LogP contribution in [-0.2, 0) is 11.3 Å². The summed E-state index contributed by atoms with van der Waals surface area (Å²) in [6, 6.07) is 4.98. The van der Waals surface area contributed by atoms with Crippen LogP contribution in [0.25, 0.3) is 0 Å². The molecule has 0 radical (unpaired) electrons. The van der Waals surface area contributed by atoms with Crippen molar-refractivity contribution in [2.75, 3.05) is 6.61 Å². The van der Waals surface area contributed by atoms with Gasteiger partial charge in [0.25, 0.3) is 0 Å². The minimum Gasteiger partial charge on any atom is -0.478 e. The molecule has 0 bridgehead atoms. The normalized spacial score (nSPS) is 11.6. The average molecular weight is 315 g/mol. The number of carboxylic acids is 1. The van der Waals surface area contributed by atoms with E-state index in [1.807, 2.05) is 0 Å². The number of carbonyl (C=O) groups is 1. The van der Waals surface area contributed by atoms with Gasteiger partial charge in [0.05, 0.1) is 12.2 Å². The Balaban J connectivity index is 2.51. The number of hydrogen-bond donors (Lipinski definition) is 1. The van der Waals surface area contributed by atoms with Crippen molar-refractivity contribution in [1.29, 1.82) is 0 Å². The third-order valence-electron chi connectivity index (χ3n) is 2.55. The summed E-state index contributed by atoms with van der Waals surface area (Å²) in [4.78, 5) is 10.8. The molecular formula is C14H19BrO3. The number of rotatable bonds is 5. The lowest BCUT2D eigenvalue weighted by atomic mass is 9.93. The quantitative estimate of drug-likeness (QED) is 0.832. The maximum atomic E-state index is 10.8. The summed E-state index contributed by atoms with van der Waals surface area (Å²) in [5.41, 5.74) is 1.51. The second kappa shape index (κ2) is 6.34. The summed E-state index contributed by atoms with van der Waals surface area (Å²) in [5, 5.41) is 8.85. The molecule has 0 aliphatic heterocycles. The summed E-state index contributed by atoms with van der Waals surface area (Å²) in [6.45, 7) is 7.73. The third-order valence-corrected chi connectivity index (χ3v) is 3.29. The minimum atomic E-state index is -0.920. The van der Waals surface area contributed by atoms with Crippen molar-refractivity contribution >= 4 is 21.9 Å². The van der Waals surface area contributed by atoms with Crippen LogP contribution in [-0.4, -0.2) is 17.7 Å². The Morgan fingerprint density at radius 2 is 2.06 bits per heavy atom. The molecule has 0 unspecified atom stereocenters. The molecule has 0 aliphatic carbocycles. The standard InChI is InChI=1S/C14H19BrO3/c1-14(2,3)6-7-18-9-11-5-4-10(13(16)17)8-12(11)15/h4-5,8H,6-7,9H2,1-3H3,(H,16,17). The molecular weight excluding hydrogens is 296 g/mol. The van der Waals surface area contributed by atoms with Crippen LogP contribution in [0.2, 0.25) is 0 Å². The van der Waals surface area contributed by atoms with Crippen molar-refractivity contribution < 1.29 is 14.6 Å². The molecule has 1 rings (SSSR count). The van der Waals surface area contributed by atoms with Crippen LogP contribution in [0, 0.1) is 5.41 Å². The van der Waals surface area contributed by atoms with Gasteiger partial charge < -0.3 is 9.84 Å². The van der Waals surface area contributed by atoms with Gasteiger partial charge in [0.1, 0.15) is 0 Å². The zero-order valence-corrected chi connectivity index (χ0v) is 12.6. The van der Waals surface area contributed by atoms with E-state index in [0.717, 1.165) is 16.5 Å². The van der Waals surface area contributed by atoms with Crippen molar-refractivity contribution in [1.82, 2.24) is 0 Å². The van der Waals surface area contributed by atoms with E-state index < -0.39 is 5.97 Å². The molecule has 0 spiro atoms. The minimum absolute atomic E-state index is 0.268. The van der Waals surface area contributed by atoms with E-state index in [-0.39, 0.29) is 11.0 Å². The van der Waals surface area contributed by atoms with E-state index in [2.05, 4.69) is 36.7 Å². The molecule has 0 aromatic heterocycles. The predicted molar refractivity (Wildman–Crippen MR) is 74.8 cm³/mol. The van der Waals surface area contributed by atoms with Crippen molar-refractivity contribution in [3.63, 3.8) is 0 Å². The zero-order valence-electron chi connectivity index (χ0n) is 11.0. The molecule has 0 atom stereocenters. The Kier molecular flexibility index (Phi) is 5.35. The van der Waals surface area contributed by atoms with Crippen LogP contribution in [0.4, 0.5) is 0 Å². The molecule has 0 fully saturated rings. The smallest absolute Gasteiger partial charge is 0.335 e. The summed E-state index contributed by atoms with van der Waals surface area (Å²) < 4.78 is 6.38. The Morgan fingerprint density at radius 1 is 1.39 bits per heavy atom. The lowest BCUT2D eigenvalue weighted by Gasteiger charge is -2.17. The lowest BCUT2D eigenvalue weighted by Crippen LogP contribution is -2.09. The van der Waals surface area contributed by atoms with E-state index in [1.54, 1.807) is 18.2 Å². The van der Waals surface area contributed by atoms with Crippen LogP contribution >= 0.6 is 15.9 Å². The maximum absolute atomic E-state index is 10.8. The highest BCUT2D eigenvalue weighted by Gasteiger charge is 2.10. The SMILES string of the molecule is CC(C)(C)CCOCc1ccc(C(=O)O)cc1Br. The van der Waals surface area contributed by atoms with Crippen LogP contribution < -0.4 is 0 Å². The van der Waals surface area contributed by atoms with E-state index >= 15 is 0 Å². The van der Waals surface area contributed by atoms with Gasteiger partial charge in [0.2, 0.25) is 0 Å². The first-order valence-corrected chi connectivity index (χ1v) is 6.68. The van der Waals surface area contributed by atoms with E-state index in [0.29, 0.717) is 13.2 Å². The first kappa shape index (κ1) is 15.2. The molecule has 0 saturated carbocycles. The summed E-state index contributed by atoms with van der Waals surface area (Å²) in [5.74, 6) is -0.920. The van der Waals surface area contributed by atoms with Gasteiger partial charge in [0, 0.05) is 11.1 Å². The molecule has 4 heteroatoms. The van der Waals surface area contributed by atoms with Crippen LogP contribution in [0.5, 0.6) is 0 Å². The zero-order chi connectivity index (χ0) is 13.8. The molecule has 0 saturated heterocycles. The van der Waals surface area contributed by atoms with Gasteiger partial charge in [-0.25, -0.2) is 4.79 Å². The highest BCUT2D eigenvalue weighted by atomic mass is 79.9. The second-order valence-corrected chi connectivity index (χ2v) is 6.33. The van der Waals surface area contributed by atoms with E-state index in [1.165, 1.54) is 0 Å². The molecule has 0 aliphatic rings. The molecule has 0 heterocycles. The third kappa shape index (κ3) is 5.19. The van der Waals surface area contributed by atoms with Crippen molar-refractivity contribution in [2.45, 2.75) is 33.8 Å². The van der Waals surface area contributed by atoms with Crippen LogP contribution in [0.15, 0.2) is 22.7 Å². The van der Waals surface area contributed by atoms with E-state index in [4.69, 9.17) is 9.84 Å². The molecule has 0 amide bonds. The molecule has 1 N–H and O–H groups in total. The molecule has 18 heavy (non-hydrogen) atoms. The van der Waals surface area contributed by atoms with Gasteiger partial charge in [-0.15, -0.1) is 0 Å². The fourth-order valence-electron chi connectivity index (χ4n) is 1.36. The largest absolute Gasteiger partial charge is 0.478 e. The Bertz CT molecular complexity index is 422.